The molecule has 0 amide bonds. The lowest BCUT2D eigenvalue weighted by molar-refractivity contribution is 0.959. The van der Waals surface area contributed by atoms with Crippen molar-refractivity contribution in [2.75, 3.05) is 0 Å². The summed E-state index contributed by atoms with van der Waals surface area (Å²) in [5.41, 5.74) is 18.5. The highest BCUT2D eigenvalue weighted by atomic mass is 15.1. The predicted octanol–water partition coefficient (Wildman–Crippen LogP) is 13.0. The monoisotopic (exact) mass is 772 g/mol. The summed E-state index contributed by atoms with van der Waals surface area (Å²) in [7, 11) is 6.29. The van der Waals surface area contributed by atoms with Gasteiger partial charge in [-0.25, -0.2) is 15.0 Å². The molecule has 6 nitrogen and oxygen atoms in total. The molecule has 0 aliphatic heterocycles. The lowest BCUT2D eigenvalue weighted by atomic mass is 9.84. The first kappa shape index (κ1) is 35.3. The van der Waals surface area contributed by atoms with Gasteiger partial charge in [0.05, 0.1) is 33.1 Å². The van der Waals surface area contributed by atoms with Crippen molar-refractivity contribution < 1.29 is 0 Å². The Balaban J connectivity index is 1.16. The van der Waals surface area contributed by atoms with Crippen molar-refractivity contribution in [3.63, 3.8) is 0 Å². The topological polar surface area (TPSA) is 53.5 Å². The van der Waals surface area contributed by atoms with Crippen LogP contribution in [0.4, 0.5) is 0 Å². The Bertz CT molecular complexity index is 3280. The van der Waals surface area contributed by atoms with Gasteiger partial charge in [0.1, 0.15) is 17.5 Å². The molecule has 0 bridgehead atoms. The third-order valence-electron chi connectivity index (χ3n) is 11.9. The number of aromatic nitrogens is 6. The fourth-order valence-electron chi connectivity index (χ4n) is 8.88. The number of hydrogen-bond acceptors (Lipinski definition) is 3. The molecule has 0 spiro atoms. The van der Waals surface area contributed by atoms with Crippen molar-refractivity contribution in [3.05, 3.63) is 188 Å². The van der Waals surface area contributed by atoms with Gasteiger partial charge in [0, 0.05) is 37.8 Å². The summed E-state index contributed by atoms with van der Waals surface area (Å²) in [5, 5.41) is 0. The lowest BCUT2D eigenvalue weighted by Crippen LogP contribution is -1.96. The standard InChI is InChI=1S/C54H40N6/c1-58-48-27-10-7-24-45(48)55-52(58)39-21-13-18-36(30-39)42-33-43(37-19-14-22-40(31-37)53-56-46-25-8-11-28-49(46)59(53)2)51(35-16-5-4-6-17-35)44(34-42)38-20-15-23-41(32-38)54-57-47-26-9-12-29-50(47)60(54)3/h4-34H,1-3H3. The first-order valence-electron chi connectivity index (χ1n) is 20.3. The summed E-state index contributed by atoms with van der Waals surface area (Å²) < 4.78 is 6.56. The number of nitrogens with zero attached hydrogens (tertiary/aromatic N) is 6. The Kier molecular flexibility index (Phi) is 8.38. The van der Waals surface area contributed by atoms with Gasteiger partial charge in [0.2, 0.25) is 0 Å². The van der Waals surface area contributed by atoms with Crippen LogP contribution in [0.2, 0.25) is 0 Å². The van der Waals surface area contributed by atoms with Gasteiger partial charge >= 0.3 is 0 Å². The normalized spacial score (nSPS) is 11.6. The van der Waals surface area contributed by atoms with E-state index >= 15 is 0 Å². The zero-order valence-electron chi connectivity index (χ0n) is 33.6. The molecular formula is C54H40N6. The molecule has 8 aromatic carbocycles. The average Bonchev–Trinajstić information content (AvgIpc) is 3.96. The van der Waals surface area contributed by atoms with Crippen LogP contribution >= 0.6 is 0 Å². The molecule has 3 heterocycles. The first-order valence-corrected chi connectivity index (χ1v) is 20.3. The third kappa shape index (κ3) is 5.92. The summed E-state index contributed by atoms with van der Waals surface area (Å²) in [4.78, 5) is 15.3. The highest BCUT2D eigenvalue weighted by Crippen LogP contribution is 2.45. The van der Waals surface area contributed by atoms with Crippen molar-refractivity contribution in [1.29, 1.82) is 0 Å². The molecule has 0 atom stereocenters. The molecule has 0 saturated carbocycles. The van der Waals surface area contributed by atoms with Gasteiger partial charge < -0.3 is 13.7 Å². The van der Waals surface area contributed by atoms with E-state index in [9.17, 15) is 0 Å². The van der Waals surface area contributed by atoms with Crippen LogP contribution in [0.5, 0.6) is 0 Å². The summed E-state index contributed by atoms with van der Waals surface area (Å²) in [5.74, 6) is 2.80. The van der Waals surface area contributed by atoms with Crippen molar-refractivity contribution in [2.45, 2.75) is 0 Å². The Morgan fingerprint density at radius 2 is 0.617 bits per heavy atom. The summed E-state index contributed by atoms with van der Waals surface area (Å²) in [6.07, 6.45) is 0. The number of para-hydroxylation sites is 6. The minimum Gasteiger partial charge on any atom is -0.327 e. The molecule has 11 rings (SSSR count). The molecule has 3 aromatic heterocycles. The van der Waals surface area contributed by atoms with E-state index in [2.05, 4.69) is 205 Å². The van der Waals surface area contributed by atoms with Gasteiger partial charge in [0.15, 0.2) is 0 Å². The number of fused-ring (bicyclic) bond motifs is 3. The molecule has 0 radical (unpaired) electrons. The number of imidazole rings is 3. The van der Waals surface area contributed by atoms with Gasteiger partial charge in [-0.2, -0.15) is 0 Å². The maximum Gasteiger partial charge on any atom is 0.140 e. The summed E-state index contributed by atoms with van der Waals surface area (Å²) in [6.45, 7) is 0. The van der Waals surface area contributed by atoms with E-state index in [4.69, 9.17) is 15.0 Å². The fraction of sp³-hybridized carbons (Fsp3) is 0.0556. The van der Waals surface area contributed by atoms with Crippen LogP contribution in [0.15, 0.2) is 188 Å². The van der Waals surface area contributed by atoms with Gasteiger partial charge in [-0.05, 0) is 111 Å². The Labute approximate surface area is 348 Å². The minimum absolute atomic E-state index is 0.931. The minimum atomic E-state index is 0.931. The van der Waals surface area contributed by atoms with Crippen molar-refractivity contribution in [3.8, 4) is 78.7 Å². The molecular weight excluding hydrogens is 733 g/mol. The summed E-state index contributed by atoms with van der Waals surface area (Å²) in [6, 6.07) is 67.0. The van der Waals surface area contributed by atoms with Gasteiger partial charge in [-0.3, -0.25) is 0 Å². The van der Waals surface area contributed by atoms with E-state index in [1.54, 1.807) is 0 Å². The second-order valence-electron chi connectivity index (χ2n) is 15.5. The number of benzene rings is 8. The van der Waals surface area contributed by atoms with Crippen LogP contribution in [0.25, 0.3) is 112 Å². The van der Waals surface area contributed by atoms with Gasteiger partial charge in [-0.15, -0.1) is 0 Å². The molecule has 11 aromatic rings. The van der Waals surface area contributed by atoms with Crippen LogP contribution in [-0.2, 0) is 21.1 Å². The molecule has 0 unspecified atom stereocenters. The Morgan fingerprint density at radius 3 is 1.03 bits per heavy atom. The van der Waals surface area contributed by atoms with Gasteiger partial charge in [0.25, 0.3) is 0 Å². The first-order chi connectivity index (χ1) is 29.5. The maximum atomic E-state index is 5.10. The van der Waals surface area contributed by atoms with Crippen LogP contribution in [-0.4, -0.2) is 28.7 Å². The number of hydrogen-bond donors (Lipinski definition) is 0. The van der Waals surface area contributed by atoms with E-state index in [1.165, 1.54) is 0 Å². The van der Waals surface area contributed by atoms with Crippen LogP contribution in [0.3, 0.4) is 0 Å². The van der Waals surface area contributed by atoms with E-state index in [1.807, 2.05) is 18.2 Å². The maximum absolute atomic E-state index is 5.10. The van der Waals surface area contributed by atoms with Gasteiger partial charge in [-0.1, -0.05) is 121 Å². The fourth-order valence-corrected chi connectivity index (χ4v) is 8.88. The van der Waals surface area contributed by atoms with E-state index in [-0.39, 0.29) is 0 Å². The highest BCUT2D eigenvalue weighted by molar-refractivity contribution is 5.99. The number of rotatable bonds is 7. The van der Waals surface area contributed by atoms with Crippen molar-refractivity contribution >= 4 is 33.1 Å². The zero-order valence-corrected chi connectivity index (χ0v) is 33.6. The molecule has 0 aliphatic rings. The predicted molar refractivity (Wildman–Crippen MR) is 247 cm³/mol. The molecule has 6 heteroatoms. The molecule has 0 N–H and O–H groups in total. The second-order valence-corrected chi connectivity index (χ2v) is 15.5. The highest BCUT2D eigenvalue weighted by Gasteiger charge is 2.21. The van der Waals surface area contributed by atoms with E-state index in [0.717, 1.165) is 112 Å². The molecule has 0 aliphatic carbocycles. The molecule has 60 heavy (non-hydrogen) atoms. The van der Waals surface area contributed by atoms with Crippen LogP contribution in [0.1, 0.15) is 0 Å². The smallest absolute Gasteiger partial charge is 0.140 e. The SMILES string of the molecule is Cn1c(-c2cccc(-c3cc(-c4cccc(-c5nc6ccccc6n5C)c4)c(-c4ccccc4)c(-c4cccc(-c5nc6ccccc6n5C)c4)c3)c2)nc2ccccc21. The van der Waals surface area contributed by atoms with E-state index in [0.29, 0.717) is 0 Å². The van der Waals surface area contributed by atoms with Crippen molar-refractivity contribution in [1.82, 2.24) is 28.7 Å². The van der Waals surface area contributed by atoms with E-state index < -0.39 is 0 Å². The molecule has 0 fully saturated rings. The Hall–Kier alpha value is -7.83. The quantitative estimate of drug-likeness (QED) is 0.162. The lowest BCUT2D eigenvalue weighted by Gasteiger charge is -2.20. The van der Waals surface area contributed by atoms with Crippen molar-refractivity contribution in [2.24, 2.45) is 21.1 Å². The zero-order chi connectivity index (χ0) is 40.3. The molecule has 0 saturated heterocycles. The largest absolute Gasteiger partial charge is 0.327 e. The third-order valence-corrected chi connectivity index (χ3v) is 11.9. The second kappa shape index (κ2) is 14.2. The average molecular weight is 773 g/mol. The van der Waals surface area contributed by atoms with Crippen LogP contribution in [0, 0.1) is 0 Å². The number of aryl methyl sites for hydroxylation is 3. The summed E-state index contributed by atoms with van der Waals surface area (Å²) >= 11 is 0. The molecule has 286 valence electrons. The Morgan fingerprint density at radius 1 is 0.283 bits per heavy atom. The van der Waals surface area contributed by atoms with Crippen LogP contribution < -0.4 is 0 Å².